The molecule has 10 heteroatoms. The monoisotopic (exact) mass is 591 g/mol. The Balaban J connectivity index is 0.000000314. The summed E-state index contributed by atoms with van der Waals surface area (Å²) in [6.45, 7) is 6.91. The molecule has 0 unspecified atom stereocenters. The number of benzene rings is 2. The molecule has 0 radical (unpaired) electrons. The number of urea groups is 1. The van der Waals surface area contributed by atoms with Gasteiger partial charge in [-0.1, -0.05) is 39.2 Å². The van der Waals surface area contributed by atoms with Crippen LogP contribution in [0.3, 0.4) is 0 Å². The Morgan fingerprint density at radius 2 is 1.74 bits per heavy atom. The van der Waals surface area contributed by atoms with Gasteiger partial charge in [0, 0.05) is 54.9 Å². The summed E-state index contributed by atoms with van der Waals surface area (Å²) in [5.41, 5.74) is 10.0. The standard InChI is InChI=1S/C27H30FN3O2.C6H12N2O2/c1-27(2)14-23-25(20-11-9-17(28)13-22(20)31(23)24(32)15-27)16-8-10-19(26(29)33)21(12-16)30-18-6-4-3-5-7-18;1-7-6(9)8-2-4-10-5-3-8/h8-13,18,30H,3-7,14-15H2,1-2H3,(H2,29,33);2-5H2,1H3,(H,7,9). The van der Waals surface area contributed by atoms with Gasteiger partial charge in [-0.15, -0.1) is 0 Å². The first-order valence-electron chi connectivity index (χ1n) is 15.2. The zero-order valence-corrected chi connectivity index (χ0v) is 25.3. The van der Waals surface area contributed by atoms with Crippen molar-refractivity contribution in [3.05, 3.63) is 53.5 Å². The smallest absolute Gasteiger partial charge is 0.317 e. The molecule has 3 heterocycles. The Hall–Kier alpha value is -3.92. The molecule has 3 aromatic rings. The van der Waals surface area contributed by atoms with E-state index in [-0.39, 0.29) is 23.2 Å². The number of hydrogen-bond donors (Lipinski definition) is 3. The number of morpholine rings is 1. The van der Waals surface area contributed by atoms with Gasteiger partial charge in [-0.3, -0.25) is 14.2 Å². The van der Waals surface area contributed by atoms with Crippen molar-refractivity contribution in [2.24, 2.45) is 11.1 Å². The number of nitrogens with one attached hydrogen (secondary N) is 2. The van der Waals surface area contributed by atoms with Crippen LogP contribution in [0.2, 0.25) is 0 Å². The minimum absolute atomic E-state index is 0.0108. The number of aromatic nitrogens is 1. The van der Waals surface area contributed by atoms with Crippen molar-refractivity contribution in [1.29, 1.82) is 0 Å². The number of carbonyl (C=O) groups excluding carboxylic acids is 3. The van der Waals surface area contributed by atoms with Gasteiger partial charge in [-0.25, -0.2) is 9.18 Å². The van der Waals surface area contributed by atoms with Crippen molar-refractivity contribution in [1.82, 2.24) is 14.8 Å². The molecule has 9 nitrogen and oxygen atoms in total. The molecule has 1 aromatic heterocycles. The SMILES string of the molecule is CC1(C)CC(=O)n2c(c(-c3ccc(C(N)=O)c(NC4CCCCC4)c3)c3ccc(F)cc32)C1.CNC(=O)N1CCOCC1. The molecule has 43 heavy (non-hydrogen) atoms. The summed E-state index contributed by atoms with van der Waals surface area (Å²) in [5.74, 6) is -0.852. The van der Waals surface area contributed by atoms with E-state index in [1.54, 1.807) is 28.6 Å². The van der Waals surface area contributed by atoms with Crippen LogP contribution in [0.4, 0.5) is 14.9 Å². The fourth-order valence-corrected chi connectivity index (χ4v) is 6.52. The maximum absolute atomic E-state index is 14.2. The highest BCUT2D eigenvalue weighted by molar-refractivity contribution is 6.06. The second kappa shape index (κ2) is 12.8. The van der Waals surface area contributed by atoms with Crippen molar-refractivity contribution >= 4 is 34.4 Å². The Labute approximate surface area is 251 Å². The number of amides is 3. The number of ether oxygens (including phenoxy) is 1. The van der Waals surface area contributed by atoms with E-state index in [0.29, 0.717) is 56.3 Å². The van der Waals surface area contributed by atoms with E-state index in [1.165, 1.54) is 31.4 Å². The highest BCUT2D eigenvalue weighted by Crippen LogP contribution is 2.43. The topological polar surface area (TPSA) is 119 Å². The van der Waals surface area contributed by atoms with Crippen molar-refractivity contribution in [3.63, 3.8) is 0 Å². The summed E-state index contributed by atoms with van der Waals surface area (Å²) >= 11 is 0. The van der Waals surface area contributed by atoms with E-state index in [4.69, 9.17) is 10.5 Å². The number of fused-ring (bicyclic) bond motifs is 3. The van der Waals surface area contributed by atoms with E-state index >= 15 is 0 Å². The molecule has 1 aliphatic carbocycles. The Morgan fingerprint density at radius 3 is 2.42 bits per heavy atom. The van der Waals surface area contributed by atoms with Gasteiger partial charge in [0.25, 0.3) is 5.91 Å². The quantitative estimate of drug-likeness (QED) is 0.367. The van der Waals surface area contributed by atoms with Gasteiger partial charge in [0.15, 0.2) is 0 Å². The molecule has 2 aromatic carbocycles. The van der Waals surface area contributed by atoms with Crippen LogP contribution < -0.4 is 16.4 Å². The molecular weight excluding hydrogens is 549 g/mol. The molecule has 2 fully saturated rings. The number of hydrogen-bond acceptors (Lipinski definition) is 5. The molecule has 230 valence electrons. The first-order chi connectivity index (χ1) is 20.6. The second-order valence-electron chi connectivity index (χ2n) is 12.5. The van der Waals surface area contributed by atoms with Crippen LogP contribution in [0.25, 0.3) is 22.0 Å². The zero-order chi connectivity index (χ0) is 30.7. The summed E-state index contributed by atoms with van der Waals surface area (Å²) in [6.07, 6.45) is 6.82. The van der Waals surface area contributed by atoms with Gasteiger partial charge < -0.3 is 26.0 Å². The van der Waals surface area contributed by atoms with Crippen LogP contribution in [0, 0.1) is 11.2 Å². The molecule has 6 rings (SSSR count). The number of primary amides is 1. The summed E-state index contributed by atoms with van der Waals surface area (Å²) < 4.78 is 20.9. The summed E-state index contributed by atoms with van der Waals surface area (Å²) in [5, 5.41) is 6.97. The maximum atomic E-state index is 14.2. The summed E-state index contributed by atoms with van der Waals surface area (Å²) in [4.78, 5) is 37.9. The lowest BCUT2D eigenvalue weighted by Crippen LogP contribution is -2.44. The Morgan fingerprint density at radius 1 is 1.02 bits per heavy atom. The van der Waals surface area contributed by atoms with E-state index in [0.717, 1.165) is 40.7 Å². The van der Waals surface area contributed by atoms with Gasteiger partial charge in [-0.2, -0.15) is 0 Å². The van der Waals surface area contributed by atoms with Crippen LogP contribution in [0.1, 0.15) is 73.2 Å². The lowest BCUT2D eigenvalue weighted by molar-refractivity contribution is 0.0537. The first kappa shape index (κ1) is 30.5. The zero-order valence-electron chi connectivity index (χ0n) is 25.3. The first-order valence-corrected chi connectivity index (χ1v) is 15.2. The highest BCUT2D eigenvalue weighted by Gasteiger charge is 2.35. The third kappa shape index (κ3) is 6.69. The molecule has 1 saturated heterocycles. The third-order valence-corrected chi connectivity index (χ3v) is 8.60. The van der Waals surface area contributed by atoms with Crippen LogP contribution in [-0.4, -0.2) is 66.7 Å². The second-order valence-corrected chi connectivity index (χ2v) is 12.5. The van der Waals surface area contributed by atoms with Gasteiger partial charge in [0.1, 0.15) is 5.82 Å². The van der Waals surface area contributed by atoms with Crippen molar-refractivity contribution in [3.8, 4) is 11.1 Å². The molecule has 3 amide bonds. The molecular formula is C33H42FN5O4. The van der Waals surface area contributed by atoms with Crippen LogP contribution >= 0.6 is 0 Å². The van der Waals surface area contributed by atoms with Gasteiger partial charge >= 0.3 is 6.03 Å². The third-order valence-electron chi connectivity index (χ3n) is 8.60. The summed E-state index contributed by atoms with van der Waals surface area (Å²) in [6, 6.07) is 10.5. The van der Waals surface area contributed by atoms with Crippen molar-refractivity contribution < 1.29 is 23.5 Å². The van der Waals surface area contributed by atoms with Crippen LogP contribution in [-0.2, 0) is 11.2 Å². The minimum Gasteiger partial charge on any atom is -0.382 e. The maximum Gasteiger partial charge on any atom is 0.317 e. The highest BCUT2D eigenvalue weighted by atomic mass is 19.1. The van der Waals surface area contributed by atoms with Crippen molar-refractivity contribution in [2.75, 3.05) is 38.7 Å². The minimum atomic E-state index is -0.470. The van der Waals surface area contributed by atoms with E-state index < -0.39 is 5.91 Å². The van der Waals surface area contributed by atoms with Gasteiger partial charge in [0.2, 0.25) is 5.91 Å². The lowest BCUT2D eigenvalue weighted by atomic mass is 9.80. The lowest BCUT2D eigenvalue weighted by Gasteiger charge is -2.30. The summed E-state index contributed by atoms with van der Waals surface area (Å²) in [7, 11) is 1.64. The number of rotatable bonds is 4. The number of nitrogens with two attached hydrogens (primary N) is 1. The van der Waals surface area contributed by atoms with Crippen LogP contribution in [0.5, 0.6) is 0 Å². The molecule has 0 spiro atoms. The molecule has 1 saturated carbocycles. The number of carbonyl (C=O) groups is 3. The number of anilines is 1. The van der Waals surface area contributed by atoms with E-state index in [2.05, 4.69) is 24.5 Å². The molecule has 2 aliphatic heterocycles. The fourth-order valence-electron chi connectivity index (χ4n) is 6.52. The van der Waals surface area contributed by atoms with Crippen molar-refractivity contribution in [2.45, 2.75) is 64.8 Å². The van der Waals surface area contributed by atoms with Gasteiger partial charge in [0.05, 0.1) is 24.3 Å². The van der Waals surface area contributed by atoms with Crippen LogP contribution in [0.15, 0.2) is 36.4 Å². The van der Waals surface area contributed by atoms with E-state index in [9.17, 15) is 18.8 Å². The fraction of sp³-hybridized carbons (Fsp3) is 0.485. The average Bonchev–Trinajstić information content (AvgIpc) is 3.30. The molecule has 3 aliphatic rings. The number of nitrogens with zero attached hydrogens (tertiary/aromatic N) is 2. The largest absolute Gasteiger partial charge is 0.382 e. The predicted molar refractivity (Wildman–Crippen MR) is 166 cm³/mol. The molecule has 0 atom stereocenters. The van der Waals surface area contributed by atoms with Gasteiger partial charge in [-0.05, 0) is 60.6 Å². The van der Waals surface area contributed by atoms with E-state index in [1.807, 2.05) is 12.1 Å². The Bertz CT molecular complexity index is 1520. The Kier molecular flexibility index (Phi) is 9.05. The molecule has 0 bridgehead atoms. The predicted octanol–water partition coefficient (Wildman–Crippen LogP) is 5.56. The average molecular weight is 592 g/mol. The normalized spacial score (nSPS) is 18.4. The molecule has 4 N–H and O–H groups in total. The number of halogens is 1.